The lowest BCUT2D eigenvalue weighted by atomic mass is 10.2. The van der Waals surface area contributed by atoms with E-state index in [0.29, 0.717) is 6.04 Å². The van der Waals surface area contributed by atoms with Crippen LogP contribution in [0.5, 0.6) is 0 Å². The van der Waals surface area contributed by atoms with Crippen LogP contribution in [0.1, 0.15) is 29.9 Å². The Morgan fingerprint density at radius 2 is 2.17 bits per heavy atom. The number of imidazole rings is 1. The maximum atomic E-state index is 4.72. The van der Waals surface area contributed by atoms with Crippen molar-refractivity contribution in [1.82, 2.24) is 29.0 Å². The van der Waals surface area contributed by atoms with Gasteiger partial charge in [0.25, 0.3) is 0 Å². The Balaban J connectivity index is 1.53. The van der Waals surface area contributed by atoms with Crippen molar-refractivity contribution in [3.63, 3.8) is 0 Å². The summed E-state index contributed by atoms with van der Waals surface area (Å²) in [6.45, 7) is 7.08. The maximum absolute atomic E-state index is 4.72. The van der Waals surface area contributed by atoms with Gasteiger partial charge in [-0.15, -0.1) is 0 Å². The van der Waals surface area contributed by atoms with Gasteiger partial charge in [-0.2, -0.15) is 5.10 Å². The number of aryl methyl sites for hydroxylation is 2. The fourth-order valence-corrected chi connectivity index (χ4v) is 3.54. The molecule has 0 unspecified atom stereocenters. The van der Waals surface area contributed by atoms with Crippen LogP contribution in [0, 0.1) is 13.8 Å². The highest BCUT2D eigenvalue weighted by Gasteiger charge is 2.25. The standard InChI is InChI=1S/C17H22N6/c1-13-9-14(2)23-11-15(20-17(23)19-13)10-21-7-3-5-16(21)12-22-8-4-6-18-22/h4,6,8-9,11,16H,3,5,7,10,12H2,1-2H3/t16-/m0/s1. The van der Waals surface area contributed by atoms with Crippen LogP contribution in [0.25, 0.3) is 5.78 Å². The highest BCUT2D eigenvalue weighted by Crippen LogP contribution is 2.21. The Labute approximate surface area is 135 Å². The fraction of sp³-hybridized carbons (Fsp3) is 0.471. The minimum absolute atomic E-state index is 0.538. The third kappa shape index (κ3) is 2.86. The lowest BCUT2D eigenvalue weighted by Gasteiger charge is -2.23. The molecule has 1 atom stereocenters. The summed E-state index contributed by atoms with van der Waals surface area (Å²) in [6.07, 6.45) is 8.48. The Bertz CT molecular complexity index is 804. The van der Waals surface area contributed by atoms with E-state index in [9.17, 15) is 0 Å². The lowest BCUT2D eigenvalue weighted by Crippen LogP contribution is -2.32. The summed E-state index contributed by atoms with van der Waals surface area (Å²) in [6, 6.07) is 4.61. The molecule has 3 aromatic heterocycles. The number of fused-ring (bicyclic) bond motifs is 1. The molecule has 0 saturated carbocycles. The number of hydrogen-bond acceptors (Lipinski definition) is 4. The van der Waals surface area contributed by atoms with E-state index in [2.05, 4.69) is 38.6 Å². The van der Waals surface area contributed by atoms with Crippen LogP contribution in [0.3, 0.4) is 0 Å². The maximum Gasteiger partial charge on any atom is 0.234 e. The van der Waals surface area contributed by atoms with Crippen molar-refractivity contribution in [2.24, 2.45) is 0 Å². The first kappa shape index (κ1) is 14.4. The Morgan fingerprint density at radius 1 is 1.26 bits per heavy atom. The summed E-state index contributed by atoms with van der Waals surface area (Å²) in [4.78, 5) is 11.8. The van der Waals surface area contributed by atoms with Gasteiger partial charge in [-0.3, -0.25) is 14.0 Å². The zero-order valence-corrected chi connectivity index (χ0v) is 13.7. The minimum atomic E-state index is 0.538. The van der Waals surface area contributed by atoms with Gasteiger partial charge in [0.05, 0.1) is 12.2 Å². The number of rotatable bonds is 4. The van der Waals surface area contributed by atoms with E-state index in [1.165, 1.54) is 18.5 Å². The molecule has 3 aromatic rings. The molecule has 0 N–H and O–H groups in total. The van der Waals surface area contributed by atoms with Gasteiger partial charge in [0.15, 0.2) is 0 Å². The van der Waals surface area contributed by atoms with Gasteiger partial charge in [-0.1, -0.05) is 0 Å². The molecule has 0 aromatic carbocycles. The molecule has 1 aliphatic heterocycles. The minimum Gasteiger partial charge on any atom is -0.293 e. The molecule has 4 heterocycles. The molecule has 0 radical (unpaired) electrons. The number of likely N-dealkylation sites (tertiary alicyclic amines) is 1. The van der Waals surface area contributed by atoms with Gasteiger partial charge in [0.2, 0.25) is 5.78 Å². The van der Waals surface area contributed by atoms with Gasteiger partial charge >= 0.3 is 0 Å². The molecule has 23 heavy (non-hydrogen) atoms. The van der Waals surface area contributed by atoms with Crippen LogP contribution in [-0.2, 0) is 13.1 Å². The third-order valence-corrected chi connectivity index (χ3v) is 4.63. The first-order chi connectivity index (χ1) is 11.2. The first-order valence-electron chi connectivity index (χ1n) is 8.23. The van der Waals surface area contributed by atoms with E-state index in [1.54, 1.807) is 0 Å². The van der Waals surface area contributed by atoms with Crippen molar-refractivity contribution in [2.75, 3.05) is 6.54 Å². The molecule has 0 amide bonds. The molecule has 120 valence electrons. The van der Waals surface area contributed by atoms with Crippen molar-refractivity contribution < 1.29 is 0 Å². The average Bonchev–Trinajstić information content (AvgIpc) is 3.22. The van der Waals surface area contributed by atoms with E-state index >= 15 is 0 Å². The van der Waals surface area contributed by atoms with Crippen LogP contribution in [-0.4, -0.2) is 41.6 Å². The normalized spacial score (nSPS) is 19.0. The van der Waals surface area contributed by atoms with Gasteiger partial charge in [0, 0.05) is 42.6 Å². The van der Waals surface area contributed by atoms with Gasteiger partial charge in [0.1, 0.15) is 0 Å². The number of hydrogen-bond donors (Lipinski definition) is 0. The average molecular weight is 310 g/mol. The Hall–Kier alpha value is -2.21. The van der Waals surface area contributed by atoms with Gasteiger partial charge in [-0.25, -0.2) is 9.97 Å². The van der Waals surface area contributed by atoms with E-state index in [-0.39, 0.29) is 0 Å². The topological polar surface area (TPSA) is 51.2 Å². The summed E-state index contributed by atoms with van der Waals surface area (Å²) in [5, 5.41) is 4.34. The second kappa shape index (κ2) is 5.77. The molecule has 0 bridgehead atoms. The van der Waals surface area contributed by atoms with Crippen LogP contribution in [0.2, 0.25) is 0 Å². The zero-order chi connectivity index (χ0) is 15.8. The summed E-state index contributed by atoms with van der Waals surface area (Å²) >= 11 is 0. The van der Waals surface area contributed by atoms with Crippen molar-refractivity contribution in [1.29, 1.82) is 0 Å². The second-order valence-corrected chi connectivity index (χ2v) is 6.44. The van der Waals surface area contributed by atoms with Gasteiger partial charge < -0.3 is 0 Å². The molecular formula is C17H22N6. The third-order valence-electron chi connectivity index (χ3n) is 4.63. The smallest absolute Gasteiger partial charge is 0.234 e. The number of aromatic nitrogens is 5. The first-order valence-corrected chi connectivity index (χ1v) is 8.23. The molecule has 0 aliphatic carbocycles. The molecule has 1 fully saturated rings. The zero-order valence-electron chi connectivity index (χ0n) is 13.7. The van der Waals surface area contributed by atoms with Crippen molar-refractivity contribution in [3.8, 4) is 0 Å². The monoisotopic (exact) mass is 310 g/mol. The molecule has 4 rings (SSSR count). The van der Waals surface area contributed by atoms with Gasteiger partial charge in [-0.05, 0) is 45.4 Å². The Kier molecular flexibility index (Phi) is 3.61. The van der Waals surface area contributed by atoms with Crippen LogP contribution in [0.4, 0.5) is 0 Å². The van der Waals surface area contributed by atoms with Crippen LogP contribution < -0.4 is 0 Å². The van der Waals surface area contributed by atoms with Crippen molar-refractivity contribution >= 4 is 5.78 Å². The van der Waals surface area contributed by atoms with Crippen molar-refractivity contribution in [2.45, 2.75) is 45.8 Å². The summed E-state index contributed by atoms with van der Waals surface area (Å²) in [5.41, 5.74) is 3.30. The van der Waals surface area contributed by atoms with Crippen LogP contribution in [0.15, 0.2) is 30.7 Å². The van der Waals surface area contributed by atoms with E-state index in [1.807, 2.05) is 30.1 Å². The number of nitrogens with zero attached hydrogens (tertiary/aromatic N) is 6. The Morgan fingerprint density at radius 3 is 3.00 bits per heavy atom. The van der Waals surface area contributed by atoms with E-state index < -0.39 is 0 Å². The van der Waals surface area contributed by atoms with E-state index in [0.717, 1.165) is 36.8 Å². The summed E-state index contributed by atoms with van der Waals surface area (Å²) in [5.74, 6) is 0.806. The largest absolute Gasteiger partial charge is 0.293 e. The highest BCUT2D eigenvalue weighted by atomic mass is 15.3. The summed E-state index contributed by atoms with van der Waals surface area (Å²) < 4.78 is 4.11. The predicted octanol–water partition coefficient (Wildman–Crippen LogP) is 2.21. The lowest BCUT2D eigenvalue weighted by molar-refractivity contribution is 0.217. The molecule has 6 heteroatoms. The molecule has 0 spiro atoms. The molecular weight excluding hydrogens is 288 g/mol. The van der Waals surface area contributed by atoms with Crippen LogP contribution >= 0.6 is 0 Å². The van der Waals surface area contributed by atoms with Crippen molar-refractivity contribution in [3.05, 3.63) is 47.8 Å². The molecule has 1 aliphatic rings. The second-order valence-electron chi connectivity index (χ2n) is 6.44. The predicted molar refractivity (Wildman–Crippen MR) is 88.1 cm³/mol. The van der Waals surface area contributed by atoms with E-state index in [4.69, 9.17) is 4.98 Å². The highest BCUT2D eigenvalue weighted by molar-refractivity contribution is 5.34. The quantitative estimate of drug-likeness (QED) is 0.741. The fourth-order valence-electron chi connectivity index (χ4n) is 3.54. The molecule has 6 nitrogen and oxygen atoms in total. The summed E-state index contributed by atoms with van der Waals surface area (Å²) in [7, 11) is 0. The SMILES string of the molecule is Cc1cc(C)n2cc(CN3CCC[C@H]3Cn3cccn3)nc2n1. The molecule has 1 saturated heterocycles.